The van der Waals surface area contributed by atoms with Crippen LogP contribution in [0.1, 0.15) is 32.2 Å². The highest BCUT2D eigenvalue weighted by Gasteiger charge is 2.34. The summed E-state index contributed by atoms with van der Waals surface area (Å²) in [5.74, 6) is 0.137. The second kappa shape index (κ2) is 4.88. The average molecular weight is 220 g/mol. The van der Waals surface area contributed by atoms with Crippen molar-refractivity contribution in [3.63, 3.8) is 0 Å². The van der Waals surface area contributed by atoms with E-state index >= 15 is 0 Å². The van der Waals surface area contributed by atoms with Gasteiger partial charge >= 0.3 is 5.97 Å². The molecule has 86 valence electrons. The van der Waals surface area contributed by atoms with Gasteiger partial charge in [-0.2, -0.15) is 0 Å². The predicted octanol–water partition coefficient (Wildman–Crippen LogP) is 1.96. The number of hydrogen-bond acceptors (Lipinski definition) is 4. The van der Waals surface area contributed by atoms with Gasteiger partial charge in [-0.1, -0.05) is 12.7 Å². The van der Waals surface area contributed by atoms with Gasteiger partial charge in [-0.05, 0) is 20.8 Å². The molecule has 0 radical (unpaired) electrons. The Hall–Kier alpha value is -1.71. The zero-order chi connectivity index (χ0) is 12.2. The molecule has 4 heteroatoms. The summed E-state index contributed by atoms with van der Waals surface area (Å²) in [5, 5.41) is 0. The van der Waals surface area contributed by atoms with Gasteiger partial charge in [0, 0.05) is 18.0 Å². The Bertz CT molecular complexity index is 383. The Labute approximate surface area is 95.4 Å². The number of rotatable bonds is 4. The van der Waals surface area contributed by atoms with E-state index in [1.165, 1.54) is 0 Å². The number of nitrogens with zero attached hydrogens (tertiary/aromatic N) is 2. The lowest BCUT2D eigenvalue weighted by Crippen LogP contribution is -2.33. The summed E-state index contributed by atoms with van der Waals surface area (Å²) in [5.41, 5.74) is -0.00110. The zero-order valence-corrected chi connectivity index (χ0v) is 9.86. The van der Waals surface area contributed by atoms with Gasteiger partial charge in [0.15, 0.2) is 0 Å². The molecule has 4 nitrogen and oxygen atoms in total. The molecule has 0 aliphatic heterocycles. The van der Waals surface area contributed by atoms with Crippen LogP contribution < -0.4 is 0 Å². The molecule has 1 heterocycles. The van der Waals surface area contributed by atoms with Gasteiger partial charge in [-0.15, -0.1) is 0 Å². The molecule has 1 aromatic rings. The summed E-state index contributed by atoms with van der Waals surface area (Å²) in [4.78, 5) is 20.0. The van der Waals surface area contributed by atoms with Gasteiger partial charge in [0.05, 0.1) is 6.61 Å². The van der Waals surface area contributed by atoms with Crippen LogP contribution in [0, 0.1) is 0 Å². The average Bonchev–Trinajstić information content (AvgIpc) is 2.29. The first-order valence-electron chi connectivity index (χ1n) is 5.14. The topological polar surface area (TPSA) is 52.1 Å². The molecule has 0 aliphatic carbocycles. The molecular formula is C12H16N2O2. The highest BCUT2D eigenvalue weighted by molar-refractivity contribution is 5.81. The van der Waals surface area contributed by atoms with E-state index in [1.54, 1.807) is 39.2 Å². The van der Waals surface area contributed by atoms with Crippen LogP contribution >= 0.6 is 0 Å². The molecule has 0 fully saturated rings. The van der Waals surface area contributed by atoms with Crippen LogP contribution in [-0.4, -0.2) is 22.5 Å². The first kappa shape index (κ1) is 12.4. The Morgan fingerprint density at radius 3 is 2.50 bits per heavy atom. The minimum Gasteiger partial charge on any atom is -0.465 e. The highest BCUT2D eigenvalue weighted by Crippen LogP contribution is 2.21. The van der Waals surface area contributed by atoms with Gasteiger partial charge in [0.1, 0.15) is 11.2 Å². The summed E-state index contributed by atoms with van der Waals surface area (Å²) < 4.78 is 4.98. The molecule has 1 rings (SSSR count). The molecule has 0 amide bonds. The highest BCUT2D eigenvalue weighted by atomic mass is 16.5. The maximum Gasteiger partial charge on any atom is 0.319 e. The van der Waals surface area contributed by atoms with Crippen LogP contribution in [0.3, 0.4) is 0 Å². The van der Waals surface area contributed by atoms with Crippen molar-refractivity contribution in [2.45, 2.75) is 26.2 Å². The number of ether oxygens (including phenoxy) is 1. The molecule has 0 aromatic carbocycles. The number of aromatic nitrogens is 2. The molecule has 0 spiro atoms. The molecular weight excluding hydrogens is 204 g/mol. The van der Waals surface area contributed by atoms with Crippen molar-refractivity contribution in [2.24, 2.45) is 0 Å². The van der Waals surface area contributed by atoms with E-state index in [0.29, 0.717) is 12.4 Å². The van der Waals surface area contributed by atoms with E-state index in [9.17, 15) is 4.79 Å². The normalized spacial score (nSPS) is 10.9. The van der Waals surface area contributed by atoms with Gasteiger partial charge in [0.2, 0.25) is 0 Å². The van der Waals surface area contributed by atoms with Crippen molar-refractivity contribution in [3.8, 4) is 0 Å². The Morgan fingerprint density at radius 1 is 1.50 bits per heavy atom. The van der Waals surface area contributed by atoms with E-state index in [1.807, 2.05) is 0 Å². The molecule has 0 saturated heterocycles. The maximum atomic E-state index is 11.7. The molecule has 0 N–H and O–H groups in total. The van der Waals surface area contributed by atoms with Gasteiger partial charge in [-0.25, -0.2) is 9.97 Å². The first-order chi connectivity index (χ1) is 7.52. The summed E-state index contributed by atoms with van der Waals surface area (Å²) >= 11 is 0. The third-order valence-electron chi connectivity index (χ3n) is 2.25. The Morgan fingerprint density at radius 2 is 2.06 bits per heavy atom. The van der Waals surface area contributed by atoms with Crippen molar-refractivity contribution >= 4 is 12.0 Å². The zero-order valence-electron chi connectivity index (χ0n) is 9.86. The molecule has 16 heavy (non-hydrogen) atoms. The van der Waals surface area contributed by atoms with E-state index in [0.717, 1.165) is 5.56 Å². The lowest BCUT2D eigenvalue weighted by Gasteiger charge is -2.20. The lowest BCUT2D eigenvalue weighted by molar-refractivity contribution is -0.149. The number of esters is 1. The molecule has 0 bridgehead atoms. The van der Waals surface area contributed by atoms with Crippen molar-refractivity contribution in [2.75, 3.05) is 6.61 Å². The minimum absolute atomic E-state index is 0.318. The molecule has 0 saturated carbocycles. The number of hydrogen-bond donors (Lipinski definition) is 0. The molecule has 0 aliphatic rings. The van der Waals surface area contributed by atoms with E-state index in [4.69, 9.17) is 4.74 Å². The van der Waals surface area contributed by atoms with Gasteiger partial charge < -0.3 is 4.74 Å². The first-order valence-corrected chi connectivity index (χ1v) is 5.14. The summed E-state index contributed by atoms with van der Waals surface area (Å²) in [7, 11) is 0. The lowest BCUT2D eigenvalue weighted by atomic mass is 9.92. The molecule has 1 aromatic heterocycles. The van der Waals surface area contributed by atoms with Crippen molar-refractivity contribution in [1.29, 1.82) is 0 Å². The van der Waals surface area contributed by atoms with Crippen LogP contribution in [0.4, 0.5) is 0 Å². The third kappa shape index (κ3) is 2.45. The Balaban J connectivity index is 2.97. The second-order valence-corrected chi connectivity index (χ2v) is 3.89. The van der Waals surface area contributed by atoms with Crippen molar-refractivity contribution in [1.82, 2.24) is 9.97 Å². The van der Waals surface area contributed by atoms with E-state index < -0.39 is 5.41 Å². The predicted molar refractivity (Wildman–Crippen MR) is 61.8 cm³/mol. The summed E-state index contributed by atoms with van der Waals surface area (Å²) in [6.45, 7) is 9.23. The quantitative estimate of drug-likeness (QED) is 0.728. The molecule has 0 atom stereocenters. The fourth-order valence-corrected chi connectivity index (χ4v) is 1.17. The largest absolute Gasteiger partial charge is 0.465 e. The van der Waals surface area contributed by atoms with E-state index in [2.05, 4.69) is 16.5 Å². The fraction of sp³-hybridized carbons (Fsp3) is 0.417. The summed E-state index contributed by atoms with van der Waals surface area (Å²) in [6, 6.07) is 0. The summed E-state index contributed by atoms with van der Waals surface area (Å²) in [6.07, 6.45) is 4.92. The van der Waals surface area contributed by atoms with Gasteiger partial charge in [0.25, 0.3) is 0 Å². The number of carbonyl (C=O) groups excluding carboxylic acids is 1. The minimum atomic E-state index is -0.824. The van der Waals surface area contributed by atoms with Gasteiger partial charge in [-0.3, -0.25) is 4.79 Å². The standard InChI is InChI=1S/C12H16N2O2/c1-5-9-7-13-10(14-8-9)12(3,4)11(15)16-6-2/h5,7-8H,1,6H2,2-4H3. The number of carbonyl (C=O) groups is 1. The van der Waals surface area contributed by atoms with Crippen LogP contribution in [0.2, 0.25) is 0 Å². The third-order valence-corrected chi connectivity index (χ3v) is 2.25. The van der Waals surface area contributed by atoms with Crippen LogP contribution in [-0.2, 0) is 14.9 Å². The van der Waals surface area contributed by atoms with Crippen LogP contribution in [0.15, 0.2) is 19.0 Å². The maximum absolute atomic E-state index is 11.7. The van der Waals surface area contributed by atoms with Crippen LogP contribution in [0.25, 0.3) is 6.08 Å². The van der Waals surface area contributed by atoms with Crippen molar-refractivity contribution < 1.29 is 9.53 Å². The monoisotopic (exact) mass is 220 g/mol. The van der Waals surface area contributed by atoms with Crippen molar-refractivity contribution in [3.05, 3.63) is 30.4 Å². The molecule has 0 unspecified atom stereocenters. The smallest absolute Gasteiger partial charge is 0.319 e. The second-order valence-electron chi connectivity index (χ2n) is 3.89. The fourth-order valence-electron chi connectivity index (χ4n) is 1.17. The van der Waals surface area contributed by atoms with E-state index in [-0.39, 0.29) is 5.97 Å². The SMILES string of the molecule is C=Cc1cnc(C(C)(C)C(=O)OCC)nc1. The van der Waals surface area contributed by atoms with Crippen LogP contribution in [0.5, 0.6) is 0 Å². The Kier molecular flexibility index (Phi) is 3.77.